The van der Waals surface area contributed by atoms with Crippen LogP contribution >= 0.6 is 0 Å². The third kappa shape index (κ3) is 2.98. The second-order valence-corrected chi connectivity index (χ2v) is 9.65. The van der Waals surface area contributed by atoms with Crippen LogP contribution in [0.2, 0.25) is 0 Å². The summed E-state index contributed by atoms with van der Waals surface area (Å²) in [5.41, 5.74) is 1.78. The molecule has 0 aromatic carbocycles. The van der Waals surface area contributed by atoms with E-state index in [0.717, 1.165) is 12.8 Å². The predicted octanol–water partition coefficient (Wildman–Crippen LogP) is 4.94. The van der Waals surface area contributed by atoms with Crippen molar-refractivity contribution < 1.29 is 14.3 Å². The molecule has 7 atom stereocenters. The molecule has 0 spiro atoms. The van der Waals surface area contributed by atoms with Crippen LogP contribution in [0.15, 0.2) is 12.2 Å². The third-order valence-corrected chi connectivity index (χ3v) is 8.07. The minimum atomic E-state index is -0.263. The van der Waals surface area contributed by atoms with Crippen LogP contribution in [0.3, 0.4) is 0 Å². The highest BCUT2D eigenvalue weighted by Crippen LogP contribution is 2.67. The number of Topliss-reactive ketones (excluding diaryl/α,β-unsaturated/α-hetero) is 1. The summed E-state index contributed by atoms with van der Waals surface area (Å²) in [6.07, 6.45) is 6.35. The van der Waals surface area contributed by atoms with E-state index in [9.17, 15) is 9.59 Å². The molecule has 0 heterocycles. The largest absolute Gasteiger partial charge is 0.462 e. The molecule has 0 amide bonds. The summed E-state index contributed by atoms with van der Waals surface area (Å²) in [5, 5.41) is 0. The number of ether oxygens (including phenoxy) is 1. The Labute approximate surface area is 152 Å². The summed E-state index contributed by atoms with van der Waals surface area (Å²) in [6, 6.07) is 0. The quantitative estimate of drug-likeness (QED) is 0.537. The lowest BCUT2D eigenvalue weighted by atomic mass is 9.46. The van der Waals surface area contributed by atoms with Crippen molar-refractivity contribution in [2.45, 2.75) is 79.2 Å². The number of esters is 1. The van der Waals surface area contributed by atoms with Gasteiger partial charge in [0.2, 0.25) is 0 Å². The number of allylic oxidation sites excluding steroid dienone is 1. The maximum Gasteiger partial charge on any atom is 0.302 e. The van der Waals surface area contributed by atoms with E-state index in [0.29, 0.717) is 17.8 Å². The molecule has 3 heteroatoms. The van der Waals surface area contributed by atoms with Crippen molar-refractivity contribution in [2.24, 2.45) is 34.5 Å². The molecule has 0 aromatic rings. The minimum Gasteiger partial charge on any atom is -0.462 e. The second kappa shape index (κ2) is 6.25. The lowest BCUT2D eigenvalue weighted by Crippen LogP contribution is -2.55. The van der Waals surface area contributed by atoms with Crippen molar-refractivity contribution in [2.75, 3.05) is 0 Å². The molecule has 0 unspecified atom stereocenters. The summed E-state index contributed by atoms with van der Waals surface area (Å²) in [4.78, 5) is 23.9. The Morgan fingerprint density at radius 1 is 1.04 bits per heavy atom. The minimum absolute atomic E-state index is 0.138. The molecule has 3 rings (SSSR count). The first kappa shape index (κ1) is 18.7. The van der Waals surface area contributed by atoms with E-state index in [-0.39, 0.29) is 34.6 Å². The van der Waals surface area contributed by atoms with Crippen LogP contribution in [0.25, 0.3) is 0 Å². The Bertz CT molecular complexity index is 594. The van der Waals surface area contributed by atoms with Crippen LogP contribution in [0, 0.1) is 34.5 Å². The summed E-state index contributed by atoms with van der Waals surface area (Å²) < 4.78 is 5.61. The number of ketones is 1. The molecular weight excluding hydrogens is 312 g/mol. The van der Waals surface area contributed by atoms with E-state index in [1.165, 1.54) is 38.2 Å². The Balaban J connectivity index is 1.92. The van der Waals surface area contributed by atoms with E-state index < -0.39 is 0 Å². The van der Waals surface area contributed by atoms with Crippen molar-refractivity contribution in [3.05, 3.63) is 12.2 Å². The van der Waals surface area contributed by atoms with Crippen LogP contribution in [0.4, 0.5) is 0 Å². The van der Waals surface area contributed by atoms with Crippen LogP contribution < -0.4 is 0 Å². The maximum atomic E-state index is 12.3. The van der Waals surface area contributed by atoms with Gasteiger partial charge in [0.15, 0.2) is 0 Å². The molecule has 3 saturated carbocycles. The fourth-order valence-electron chi connectivity index (χ4n) is 6.89. The van der Waals surface area contributed by atoms with Crippen molar-refractivity contribution in [3.63, 3.8) is 0 Å². The van der Waals surface area contributed by atoms with Gasteiger partial charge in [-0.2, -0.15) is 0 Å². The van der Waals surface area contributed by atoms with Crippen LogP contribution in [0.5, 0.6) is 0 Å². The van der Waals surface area contributed by atoms with Gasteiger partial charge >= 0.3 is 5.97 Å². The van der Waals surface area contributed by atoms with Gasteiger partial charge in [0.1, 0.15) is 11.9 Å². The van der Waals surface area contributed by atoms with E-state index >= 15 is 0 Å². The van der Waals surface area contributed by atoms with E-state index in [2.05, 4.69) is 27.4 Å². The Morgan fingerprint density at radius 3 is 2.28 bits per heavy atom. The molecule has 0 aliphatic heterocycles. The van der Waals surface area contributed by atoms with E-state index in [1.54, 1.807) is 6.92 Å². The molecule has 3 aliphatic carbocycles. The lowest BCUT2D eigenvalue weighted by Gasteiger charge is -2.59. The van der Waals surface area contributed by atoms with Crippen LogP contribution in [0.1, 0.15) is 73.1 Å². The predicted molar refractivity (Wildman–Crippen MR) is 98.9 cm³/mol. The molecule has 140 valence electrons. The first-order valence-corrected chi connectivity index (χ1v) is 9.91. The summed E-state index contributed by atoms with van der Waals surface area (Å²) in [6.45, 7) is 14.4. The standard InChI is InChI=1S/C22H34O3/c1-13(2)16-7-10-22(6)18(16)8-9-21(5)12-19(25-15(4)24)17(14(3)23)11-20(21)22/h16-20H,1,7-12H2,2-6H3/t16-,17+,18+,19-,20+,21+,22+/m0/s1. The first-order valence-electron chi connectivity index (χ1n) is 9.91. The van der Waals surface area contributed by atoms with Crippen molar-refractivity contribution >= 4 is 11.8 Å². The lowest BCUT2D eigenvalue weighted by molar-refractivity contribution is -0.170. The summed E-state index contributed by atoms with van der Waals surface area (Å²) in [7, 11) is 0. The fraction of sp³-hybridized carbons (Fsp3) is 0.818. The number of carbonyl (C=O) groups is 2. The molecule has 3 nitrogen and oxygen atoms in total. The third-order valence-electron chi connectivity index (χ3n) is 8.07. The van der Waals surface area contributed by atoms with Crippen LogP contribution in [-0.2, 0) is 14.3 Å². The smallest absolute Gasteiger partial charge is 0.302 e. The first-order chi connectivity index (χ1) is 11.6. The zero-order valence-electron chi connectivity index (χ0n) is 16.6. The van der Waals surface area contributed by atoms with Gasteiger partial charge in [0.25, 0.3) is 0 Å². The van der Waals surface area contributed by atoms with Crippen molar-refractivity contribution in [1.29, 1.82) is 0 Å². The van der Waals surface area contributed by atoms with Gasteiger partial charge in [0.05, 0.1) is 5.92 Å². The van der Waals surface area contributed by atoms with Gasteiger partial charge in [-0.15, -0.1) is 0 Å². The highest BCUT2D eigenvalue weighted by molar-refractivity contribution is 5.79. The van der Waals surface area contributed by atoms with Gasteiger partial charge < -0.3 is 4.74 Å². The van der Waals surface area contributed by atoms with E-state index in [4.69, 9.17) is 4.74 Å². The maximum absolute atomic E-state index is 12.3. The molecule has 0 N–H and O–H groups in total. The number of hydrogen-bond donors (Lipinski definition) is 0. The molecule has 0 bridgehead atoms. The Morgan fingerprint density at radius 2 is 1.72 bits per heavy atom. The van der Waals surface area contributed by atoms with Crippen molar-refractivity contribution in [3.8, 4) is 0 Å². The molecule has 0 saturated heterocycles. The molecular formula is C22H34O3. The molecule has 25 heavy (non-hydrogen) atoms. The highest BCUT2D eigenvalue weighted by atomic mass is 16.5. The molecule has 0 aromatic heterocycles. The molecule has 3 aliphatic rings. The number of fused-ring (bicyclic) bond motifs is 3. The second-order valence-electron chi connectivity index (χ2n) is 9.65. The number of hydrogen-bond acceptors (Lipinski definition) is 3. The highest BCUT2D eigenvalue weighted by Gasteiger charge is 2.61. The van der Waals surface area contributed by atoms with E-state index in [1.807, 2.05) is 0 Å². The Hall–Kier alpha value is -1.12. The summed E-state index contributed by atoms with van der Waals surface area (Å²) >= 11 is 0. The Kier molecular flexibility index (Phi) is 4.66. The SMILES string of the molecule is C=C(C)[C@@H]1CC[C@]2(C)[C@@H]1CC[C@]1(C)C[C@H](OC(C)=O)[C@@H](C(C)=O)C[C@H]12. The van der Waals surface area contributed by atoms with Gasteiger partial charge in [-0.1, -0.05) is 26.0 Å². The zero-order valence-corrected chi connectivity index (χ0v) is 16.6. The average Bonchev–Trinajstić information content (AvgIpc) is 2.82. The van der Waals surface area contributed by atoms with Gasteiger partial charge in [0, 0.05) is 6.92 Å². The van der Waals surface area contributed by atoms with Crippen LogP contribution in [-0.4, -0.2) is 17.9 Å². The number of carbonyl (C=O) groups excluding carboxylic acids is 2. The molecule has 0 radical (unpaired) electrons. The fourth-order valence-corrected chi connectivity index (χ4v) is 6.89. The van der Waals surface area contributed by atoms with Gasteiger partial charge in [-0.3, -0.25) is 9.59 Å². The number of rotatable bonds is 3. The monoisotopic (exact) mass is 346 g/mol. The topological polar surface area (TPSA) is 43.4 Å². The summed E-state index contributed by atoms with van der Waals surface area (Å²) in [5.74, 6) is 1.64. The average molecular weight is 347 g/mol. The zero-order chi connectivity index (χ0) is 18.6. The molecule has 3 fully saturated rings. The van der Waals surface area contributed by atoms with Gasteiger partial charge in [-0.25, -0.2) is 0 Å². The van der Waals surface area contributed by atoms with Gasteiger partial charge in [-0.05, 0) is 81.0 Å². The normalized spacial score (nSPS) is 46.0. The van der Waals surface area contributed by atoms with Crippen molar-refractivity contribution in [1.82, 2.24) is 0 Å².